The second kappa shape index (κ2) is 8.35. The quantitative estimate of drug-likeness (QED) is 0.791. The molecular formula is C20H20N2O5. The Bertz CT molecular complexity index is 837. The smallest absolute Gasteiger partial charge is 0.339 e. The van der Waals surface area contributed by atoms with E-state index in [1.54, 1.807) is 24.3 Å². The lowest BCUT2D eigenvalue weighted by molar-refractivity contribution is -0.136. The fourth-order valence-electron chi connectivity index (χ4n) is 2.63. The second-order valence-corrected chi connectivity index (χ2v) is 6.07. The first-order valence-electron chi connectivity index (χ1n) is 8.61. The van der Waals surface area contributed by atoms with Crippen molar-refractivity contribution in [3.63, 3.8) is 0 Å². The molecule has 2 aromatic rings. The minimum absolute atomic E-state index is 0.266. The van der Waals surface area contributed by atoms with E-state index in [1.807, 2.05) is 30.3 Å². The Hall–Kier alpha value is -3.35. The second-order valence-electron chi connectivity index (χ2n) is 6.07. The minimum Gasteiger partial charge on any atom is -0.489 e. The Morgan fingerprint density at radius 2 is 1.93 bits per heavy atom. The van der Waals surface area contributed by atoms with Crippen LogP contribution in [-0.2, 0) is 16.1 Å². The summed E-state index contributed by atoms with van der Waals surface area (Å²) in [6.45, 7) is 2.48. The average molecular weight is 368 g/mol. The third-order valence-corrected chi connectivity index (χ3v) is 4.07. The molecule has 2 aromatic carbocycles. The summed E-state index contributed by atoms with van der Waals surface area (Å²) in [5.41, 5.74) is 1.28. The molecule has 7 nitrogen and oxygen atoms in total. The van der Waals surface area contributed by atoms with Crippen molar-refractivity contribution in [2.45, 2.75) is 19.6 Å². The lowest BCUT2D eigenvalue weighted by Crippen LogP contribution is -2.41. The summed E-state index contributed by atoms with van der Waals surface area (Å²) in [4.78, 5) is 37.1. The molecular weight excluding hydrogens is 348 g/mol. The van der Waals surface area contributed by atoms with Crippen LogP contribution in [0.15, 0.2) is 54.6 Å². The highest BCUT2D eigenvalue weighted by Gasteiger charge is 2.31. The molecule has 0 radical (unpaired) electrons. The van der Waals surface area contributed by atoms with Crippen LogP contribution in [0.1, 0.15) is 22.8 Å². The number of benzene rings is 2. The van der Waals surface area contributed by atoms with Crippen LogP contribution in [0.3, 0.4) is 0 Å². The van der Waals surface area contributed by atoms with Crippen molar-refractivity contribution in [3.05, 3.63) is 65.7 Å². The SMILES string of the molecule is C[C@@H](OC(=O)c1cccc(OCc2ccccc2)c1)C(=O)N1CCNC1=O. The summed E-state index contributed by atoms with van der Waals surface area (Å²) in [6.07, 6.45) is -1.06. The van der Waals surface area contributed by atoms with Crippen molar-refractivity contribution < 1.29 is 23.9 Å². The average Bonchev–Trinajstić information content (AvgIpc) is 3.12. The van der Waals surface area contributed by atoms with E-state index in [-0.39, 0.29) is 12.1 Å². The number of amides is 3. The van der Waals surface area contributed by atoms with Gasteiger partial charge in [0.1, 0.15) is 12.4 Å². The zero-order valence-corrected chi connectivity index (χ0v) is 14.9. The van der Waals surface area contributed by atoms with E-state index in [9.17, 15) is 14.4 Å². The monoisotopic (exact) mass is 368 g/mol. The fourth-order valence-corrected chi connectivity index (χ4v) is 2.63. The maximum Gasteiger partial charge on any atom is 0.339 e. The summed E-state index contributed by atoms with van der Waals surface area (Å²) in [5.74, 6) is -0.679. The van der Waals surface area contributed by atoms with Crippen LogP contribution in [0.25, 0.3) is 0 Å². The molecule has 0 aromatic heterocycles. The van der Waals surface area contributed by atoms with Gasteiger partial charge in [0, 0.05) is 13.1 Å². The number of hydrogen-bond acceptors (Lipinski definition) is 5. The van der Waals surface area contributed by atoms with E-state index in [1.165, 1.54) is 6.92 Å². The van der Waals surface area contributed by atoms with Gasteiger partial charge in [0.15, 0.2) is 6.10 Å². The molecule has 3 rings (SSSR count). The molecule has 27 heavy (non-hydrogen) atoms. The number of ether oxygens (including phenoxy) is 2. The number of hydrogen-bond donors (Lipinski definition) is 1. The zero-order chi connectivity index (χ0) is 19.2. The third kappa shape index (κ3) is 4.63. The molecule has 3 amide bonds. The molecule has 1 fully saturated rings. The molecule has 7 heteroatoms. The van der Waals surface area contributed by atoms with Gasteiger partial charge in [-0.05, 0) is 30.7 Å². The van der Waals surface area contributed by atoms with Crippen molar-refractivity contribution in [1.82, 2.24) is 10.2 Å². The first kappa shape index (κ1) is 18.4. The summed E-state index contributed by atoms with van der Waals surface area (Å²) in [7, 11) is 0. The van der Waals surface area contributed by atoms with Crippen molar-refractivity contribution in [2.75, 3.05) is 13.1 Å². The molecule has 0 bridgehead atoms. The number of carbonyl (C=O) groups excluding carboxylic acids is 3. The first-order valence-corrected chi connectivity index (χ1v) is 8.61. The number of rotatable bonds is 6. The summed E-state index contributed by atoms with van der Waals surface area (Å²) in [5, 5.41) is 2.53. The minimum atomic E-state index is -1.06. The molecule has 1 heterocycles. The predicted molar refractivity (Wildman–Crippen MR) is 97.2 cm³/mol. The van der Waals surface area contributed by atoms with E-state index in [0.717, 1.165) is 10.5 Å². The van der Waals surface area contributed by atoms with E-state index in [4.69, 9.17) is 9.47 Å². The summed E-state index contributed by atoms with van der Waals surface area (Å²) >= 11 is 0. The first-order chi connectivity index (χ1) is 13.0. The van der Waals surface area contributed by atoms with Gasteiger partial charge in [-0.25, -0.2) is 9.59 Å². The van der Waals surface area contributed by atoms with Gasteiger partial charge in [0.2, 0.25) is 0 Å². The zero-order valence-electron chi connectivity index (χ0n) is 14.9. The summed E-state index contributed by atoms with van der Waals surface area (Å²) < 4.78 is 10.9. The Kier molecular flexibility index (Phi) is 5.71. The van der Waals surface area contributed by atoms with Crippen LogP contribution >= 0.6 is 0 Å². The number of carbonyl (C=O) groups is 3. The van der Waals surface area contributed by atoms with Crippen molar-refractivity contribution in [2.24, 2.45) is 0 Å². The highest BCUT2D eigenvalue weighted by atomic mass is 16.5. The number of imide groups is 1. The van der Waals surface area contributed by atoms with Gasteiger partial charge in [0.05, 0.1) is 5.56 Å². The molecule has 1 saturated heterocycles. The maximum absolute atomic E-state index is 12.3. The normalized spacial score (nSPS) is 14.4. The van der Waals surface area contributed by atoms with Crippen LogP contribution < -0.4 is 10.1 Å². The Morgan fingerprint density at radius 3 is 2.63 bits per heavy atom. The lowest BCUT2D eigenvalue weighted by atomic mass is 10.2. The van der Waals surface area contributed by atoms with Crippen LogP contribution in [0.2, 0.25) is 0 Å². The highest BCUT2D eigenvalue weighted by Crippen LogP contribution is 2.17. The van der Waals surface area contributed by atoms with E-state index in [2.05, 4.69) is 5.32 Å². The molecule has 0 spiro atoms. The van der Waals surface area contributed by atoms with Gasteiger partial charge in [-0.3, -0.25) is 9.69 Å². The predicted octanol–water partition coefficient (Wildman–Crippen LogP) is 2.36. The summed E-state index contributed by atoms with van der Waals surface area (Å²) in [6, 6.07) is 15.7. The van der Waals surface area contributed by atoms with E-state index < -0.39 is 24.0 Å². The molecule has 0 saturated carbocycles. The van der Waals surface area contributed by atoms with Crippen molar-refractivity contribution >= 4 is 17.9 Å². The standard InChI is InChI=1S/C20H20N2O5/c1-14(18(23)22-11-10-21-20(22)25)27-19(24)16-8-5-9-17(12-16)26-13-15-6-3-2-4-7-15/h2-9,12,14H,10-11,13H2,1H3,(H,21,25)/t14-/m1/s1. The number of esters is 1. The molecule has 0 unspecified atom stereocenters. The van der Waals surface area contributed by atoms with Crippen molar-refractivity contribution in [1.29, 1.82) is 0 Å². The van der Waals surface area contributed by atoms with E-state index in [0.29, 0.717) is 18.9 Å². The molecule has 1 aliphatic rings. The van der Waals surface area contributed by atoms with Crippen molar-refractivity contribution in [3.8, 4) is 5.75 Å². The van der Waals surface area contributed by atoms with Crippen LogP contribution in [0.5, 0.6) is 5.75 Å². The highest BCUT2D eigenvalue weighted by molar-refractivity contribution is 5.99. The van der Waals surface area contributed by atoms with Crippen LogP contribution in [0, 0.1) is 0 Å². The number of nitrogens with one attached hydrogen (secondary N) is 1. The van der Waals surface area contributed by atoms with Gasteiger partial charge in [-0.2, -0.15) is 0 Å². The third-order valence-electron chi connectivity index (χ3n) is 4.07. The molecule has 1 atom stereocenters. The molecule has 1 N–H and O–H groups in total. The largest absolute Gasteiger partial charge is 0.489 e. The Labute approximate surface area is 156 Å². The van der Waals surface area contributed by atoms with Gasteiger partial charge in [0.25, 0.3) is 5.91 Å². The van der Waals surface area contributed by atoms with Crippen LogP contribution in [0.4, 0.5) is 4.79 Å². The molecule has 0 aliphatic carbocycles. The molecule has 1 aliphatic heterocycles. The van der Waals surface area contributed by atoms with Gasteiger partial charge >= 0.3 is 12.0 Å². The van der Waals surface area contributed by atoms with Crippen LogP contribution in [-0.4, -0.2) is 42.0 Å². The van der Waals surface area contributed by atoms with Gasteiger partial charge < -0.3 is 14.8 Å². The maximum atomic E-state index is 12.3. The Balaban J connectivity index is 1.59. The Morgan fingerprint density at radius 1 is 1.15 bits per heavy atom. The van der Waals surface area contributed by atoms with E-state index >= 15 is 0 Å². The lowest BCUT2D eigenvalue weighted by Gasteiger charge is -2.18. The fraction of sp³-hybridized carbons (Fsp3) is 0.250. The number of nitrogens with zero attached hydrogens (tertiary/aromatic N) is 1. The number of urea groups is 1. The van der Waals surface area contributed by atoms with Gasteiger partial charge in [-0.1, -0.05) is 36.4 Å². The molecule has 140 valence electrons. The van der Waals surface area contributed by atoms with Gasteiger partial charge in [-0.15, -0.1) is 0 Å². The topological polar surface area (TPSA) is 84.9 Å².